The number of rotatable bonds is 6. The van der Waals surface area contributed by atoms with Crippen molar-refractivity contribution in [3.63, 3.8) is 0 Å². The van der Waals surface area contributed by atoms with E-state index >= 15 is 4.39 Å². The molecular formula is C46H40FN5O7. The van der Waals surface area contributed by atoms with E-state index in [2.05, 4.69) is 44.5 Å². The highest BCUT2D eigenvalue weighted by Crippen LogP contribution is 2.44. The van der Waals surface area contributed by atoms with E-state index in [1.807, 2.05) is 19.1 Å². The monoisotopic (exact) mass is 793 g/mol. The van der Waals surface area contributed by atoms with Gasteiger partial charge < -0.3 is 28.7 Å². The number of benzene rings is 3. The number of nitrogens with one attached hydrogen (secondary N) is 2. The molecule has 298 valence electrons. The van der Waals surface area contributed by atoms with Gasteiger partial charge in [-0.25, -0.2) is 4.39 Å². The minimum Gasteiger partial charge on any atom is -0.490 e. The molecule has 0 bridgehead atoms. The van der Waals surface area contributed by atoms with E-state index in [-0.39, 0.29) is 47.5 Å². The zero-order valence-electron chi connectivity index (χ0n) is 32.5. The lowest BCUT2D eigenvalue weighted by molar-refractivity contribution is -0.134. The van der Waals surface area contributed by atoms with E-state index in [1.165, 1.54) is 18.3 Å². The minimum absolute atomic E-state index is 0.0438. The van der Waals surface area contributed by atoms with E-state index in [4.69, 9.17) is 13.9 Å². The highest BCUT2D eigenvalue weighted by atomic mass is 19.1. The maximum atomic E-state index is 16.1. The summed E-state index contributed by atoms with van der Waals surface area (Å²) in [7, 11) is 1.79. The third-order valence-corrected chi connectivity index (χ3v) is 11.5. The quantitative estimate of drug-likeness (QED) is 0.142. The van der Waals surface area contributed by atoms with Gasteiger partial charge in [0.1, 0.15) is 29.5 Å². The summed E-state index contributed by atoms with van der Waals surface area (Å²) in [6.07, 6.45) is 5.43. The Morgan fingerprint density at radius 3 is 2.63 bits per heavy atom. The normalized spacial score (nSPS) is 16.9. The number of hydrogen-bond acceptors (Lipinski definition) is 9. The summed E-state index contributed by atoms with van der Waals surface area (Å²) >= 11 is 0. The molecule has 2 saturated heterocycles. The van der Waals surface area contributed by atoms with Gasteiger partial charge in [0.05, 0.1) is 42.2 Å². The number of carbonyl (C=O) groups excluding carboxylic acids is 3. The van der Waals surface area contributed by atoms with Gasteiger partial charge in [0.25, 0.3) is 11.5 Å². The zero-order chi connectivity index (χ0) is 40.8. The largest absolute Gasteiger partial charge is 0.490 e. The lowest BCUT2D eigenvalue weighted by atomic mass is 9.90. The van der Waals surface area contributed by atoms with Crippen molar-refractivity contribution in [3.05, 3.63) is 117 Å². The fourth-order valence-corrected chi connectivity index (χ4v) is 8.36. The number of fused-ring (bicyclic) bond motifs is 3. The number of pyridine rings is 2. The summed E-state index contributed by atoms with van der Waals surface area (Å²) in [6, 6.07) is 17.9. The Labute approximate surface area is 338 Å². The highest BCUT2D eigenvalue weighted by molar-refractivity contribution is 6.03. The summed E-state index contributed by atoms with van der Waals surface area (Å²) in [6.45, 7) is 4.07. The van der Waals surface area contributed by atoms with Crippen molar-refractivity contribution >= 4 is 51.0 Å². The number of ether oxygens (including phenoxy) is 2. The molecule has 2 N–H and O–H groups in total. The van der Waals surface area contributed by atoms with Crippen molar-refractivity contribution in [1.82, 2.24) is 20.2 Å². The number of carbonyl (C=O) groups is 3. The molecule has 3 aliphatic rings. The average molecular weight is 794 g/mol. The van der Waals surface area contributed by atoms with E-state index in [0.29, 0.717) is 72.1 Å². The summed E-state index contributed by atoms with van der Waals surface area (Å²) in [4.78, 5) is 56.5. The van der Waals surface area contributed by atoms with Gasteiger partial charge in [0.2, 0.25) is 11.8 Å². The molecule has 6 heterocycles. The Bertz CT molecular complexity index is 2810. The van der Waals surface area contributed by atoms with Gasteiger partial charge in [0.15, 0.2) is 0 Å². The molecule has 1 atom stereocenters. The Kier molecular flexibility index (Phi) is 9.94. The van der Waals surface area contributed by atoms with Gasteiger partial charge in [-0.1, -0.05) is 17.9 Å². The second kappa shape index (κ2) is 15.5. The number of furan rings is 1. The van der Waals surface area contributed by atoms with Crippen molar-refractivity contribution in [2.45, 2.75) is 44.4 Å². The molecule has 3 aromatic heterocycles. The topological polar surface area (TPSA) is 145 Å². The van der Waals surface area contributed by atoms with Crippen LogP contribution in [0.4, 0.5) is 15.8 Å². The number of amides is 3. The van der Waals surface area contributed by atoms with Crippen molar-refractivity contribution in [1.29, 1.82) is 0 Å². The zero-order valence-corrected chi connectivity index (χ0v) is 32.5. The number of piperidine rings is 1. The smallest absolute Gasteiger partial charge is 0.270 e. The molecule has 6 aromatic rings. The molecule has 13 heteroatoms. The molecular weight excluding hydrogens is 754 g/mol. The maximum absolute atomic E-state index is 16.1. The lowest BCUT2D eigenvalue weighted by Gasteiger charge is -2.34. The molecule has 0 spiro atoms. The van der Waals surface area contributed by atoms with E-state index in [0.717, 1.165) is 40.4 Å². The molecule has 9 rings (SSSR count). The van der Waals surface area contributed by atoms with Gasteiger partial charge >= 0.3 is 0 Å². The predicted molar refractivity (Wildman–Crippen MR) is 219 cm³/mol. The first kappa shape index (κ1) is 37.8. The molecule has 1 unspecified atom stereocenters. The molecule has 3 aliphatic heterocycles. The van der Waals surface area contributed by atoms with Gasteiger partial charge in [-0.2, -0.15) is 0 Å². The van der Waals surface area contributed by atoms with Crippen molar-refractivity contribution in [2.75, 3.05) is 37.8 Å². The first-order chi connectivity index (χ1) is 28.6. The highest BCUT2D eigenvalue weighted by Gasteiger charge is 2.31. The Morgan fingerprint density at radius 2 is 1.83 bits per heavy atom. The van der Waals surface area contributed by atoms with Crippen molar-refractivity contribution < 1.29 is 32.7 Å². The summed E-state index contributed by atoms with van der Waals surface area (Å²) in [5.74, 6) is 4.74. The van der Waals surface area contributed by atoms with Gasteiger partial charge in [0, 0.05) is 77.5 Å². The predicted octanol–water partition coefficient (Wildman–Crippen LogP) is 6.52. The molecule has 0 saturated carbocycles. The number of imide groups is 1. The van der Waals surface area contributed by atoms with Gasteiger partial charge in [-0.3, -0.25) is 29.5 Å². The molecule has 2 fully saturated rings. The minimum atomic E-state index is -0.487. The number of aryl methyl sites for hydroxylation is 2. The summed E-state index contributed by atoms with van der Waals surface area (Å²) in [5.41, 5.74) is 6.86. The third kappa shape index (κ3) is 7.21. The van der Waals surface area contributed by atoms with Crippen LogP contribution >= 0.6 is 0 Å². The van der Waals surface area contributed by atoms with Crippen LogP contribution in [-0.2, 0) is 21.4 Å². The van der Waals surface area contributed by atoms with E-state index in [1.54, 1.807) is 42.1 Å². The van der Waals surface area contributed by atoms with Crippen LogP contribution in [-0.4, -0.2) is 60.2 Å². The summed E-state index contributed by atoms with van der Waals surface area (Å²) in [5, 5.41) is 6.78. The van der Waals surface area contributed by atoms with Crippen LogP contribution in [0.1, 0.15) is 70.3 Å². The SMILES string of the molecule is Cc1cc2c(N3CCOc4cc(-c5ccc(C(=O)NCC#Cc6ccc7occ(C8CCC(=O)NC8=O)c7c6)nc5)c(F)cc43)cc(C3CCOCC3)cc2n(C)c1=O. The van der Waals surface area contributed by atoms with E-state index in [9.17, 15) is 19.2 Å². The number of nitrogens with zero attached hydrogens (tertiary/aromatic N) is 3. The van der Waals surface area contributed by atoms with Crippen LogP contribution in [0, 0.1) is 24.6 Å². The number of halogens is 1. The number of aromatic nitrogens is 2. The maximum Gasteiger partial charge on any atom is 0.270 e. The fraction of sp³-hybridized carbons (Fsp3) is 0.283. The number of hydrogen-bond donors (Lipinski definition) is 2. The molecule has 12 nitrogen and oxygen atoms in total. The average Bonchev–Trinajstić information content (AvgIpc) is 3.67. The standard InChI is InChI=1S/C46H40FN5O7/c1-26-18-34-38(51(2)46(26)56)20-30(28-11-15-57-16-12-28)21-39(34)52-14-17-58-42-22-32(36(47)23-40(42)52)29-6-8-37(49-24-29)45(55)48-13-3-4-27-5-9-41-33(19-27)35(25-59-41)31-7-10-43(53)50-44(31)54/h5-6,8-9,18-25,28,31H,7,10-17H2,1-2H3,(H,48,55)(H,50,53,54). The lowest BCUT2D eigenvalue weighted by Crippen LogP contribution is -2.39. The third-order valence-electron chi connectivity index (χ3n) is 11.5. The summed E-state index contributed by atoms with van der Waals surface area (Å²) < 4.78 is 35.2. The van der Waals surface area contributed by atoms with Gasteiger partial charge in [-0.15, -0.1) is 0 Å². The molecule has 0 aliphatic carbocycles. The second-order valence-corrected chi connectivity index (χ2v) is 15.2. The Balaban J connectivity index is 0.918. The van der Waals surface area contributed by atoms with Crippen LogP contribution < -0.4 is 25.8 Å². The number of anilines is 2. The molecule has 0 radical (unpaired) electrons. The fourth-order valence-electron chi connectivity index (χ4n) is 8.36. The van der Waals surface area contributed by atoms with E-state index < -0.39 is 17.6 Å². The first-order valence-corrected chi connectivity index (χ1v) is 19.7. The van der Waals surface area contributed by atoms with Crippen LogP contribution in [0.25, 0.3) is 33.0 Å². The van der Waals surface area contributed by atoms with Crippen LogP contribution in [0.15, 0.2) is 82.3 Å². The van der Waals surface area contributed by atoms with Crippen LogP contribution in [0.3, 0.4) is 0 Å². The first-order valence-electron chi connectivity index (χ1n) is 19.7. The van der Waals surface area contributed by atoms with Gasteiger partial charge in [-0.05, 0) is 86.2 Å². The molecule has 3 amide bonds. The second-order valence-electron chi connectivity index (χ2n) is 15.2. The Hall–Kier alpha value is -6.78. The Morgan fingerprint density at radius 1 is 0.983 bits per heavy atom. The van der Waals surface area contributed by atoms with Crippen molar-refractivity contribution in [2.24, 2.45) is 7.05 Å². The van der Waals surface area contributed by atoms with Crippen LogP contribution in [0.2, 0.25) is 0 Å². The van der Waals surface area contributed by atoms with Crippen LogP contribution in [0.5, 0.6) is 5.75 Å². The van der Waals surface area contributed by atoms with Crippen molar-refractivity contribution in [3.8, 4) is 28.7 Å². The molecule has 3 aromatic carbocycles. The molecule has 59 heavy (non-hydrogen) atoms.